The van der Waals surface area contributed by atoms with Gasteiger partial charge in [-0.1, -0.05) is 11.6 Å². The lowest BCUT2D eigenvalue weighted by Crippen LogP contribution is -2.00. The van der Waals surface area contributed by atoms with Gasteiger partial charge in [0.15, 0.2) is 5.69 Å². The highest BCUT2D eigenvalue weighted by Gasteiger charge is 2.24. The smallest absolute Gasteiger partial charge is 0.249 e. The van der Waals surface area contributed by atoms with Crippen LogP contribution in [0.5, 0.6) is 5.75 Å². The molecule has 0 amide bonds. The third kappa shape index (κ3) is 2.31. The molecule has 1 aromatic carbocycles. The Hall–Kier alpha value is -3.09. The Balaban J connectivity index is 2.03. The quantitative estimate of drug-likeness (QED) is 0.562. The molecule has 0 saturated heterocycles. The van der Waals surface area contributed by atoms with E-state index in [0.29, 0.717) is 11.5 Å². The summed E-state index contributed by atoms with van der Waals surface area (Å²) in [5.41, 5.74) is 5.25. The Bertz CT molecular complexity index is 1130. The molecule has 7 nitrogen and oxygen atoms in total. The molecule has 0 aliphatic rings. The van der Waals surface area contributed by atoms with Crippen molar-refractivity contribution < 1.29 is 9.15 Å². The van der Waals surface area contributed by atoms with Gasteiger partial charge in [-0.25, -0.2) is 9.67 Å². The van der Waals surface area contributed by atoms with Gasteiger partial charge in [0.1, 0.15) is 28.9 Å². The fourth-order valence-corrected chi connectivity index (χ4v) is 3.37. The highest BCUT2D eigenvalue weighted by atomic mass is 16.5. The first-order valence-electron chi connectivity index (χ1n) is 8.45. The van der Waals surface area contributed by atoms with E-state index in [9.17, 15) is 0 Å². The minimum Gasteiger partial charge on any atom is -0.496 e. The van der Waals surface area contributed by atoms with Gasteiger partial charge in [-0.15, -0.1) is 0 Å². The minimum absolute atomic E-state index is 0.645. The molecule has 0 N–H and O–H groups in total. The average Bonchev–Trinajstić information content (AvgIpc) is 3.17. The number of hydrogen-bond acceptors (Lipinski definition) is 5. The highest BCUT2D eigenvalue weighted by molar-refractivity contribution is 5.74. The molecule has 134 valence electrons. The van der Waals surface area contributed by atoms with Crippen LogP contribution in [0, 0.1) is 34.6 Å². The Morgan fingerprint density at radius 1 is 1.04 bits per heavy atom. The fourth-order valence-electron chi connectivity index (χ4n) is 3.37. The van der Waals surface area contributed by atoms with Crippen molar-refractivity contribution in [3.63, 3.8) is 0 Å². The van der Waals surface area contributed by atoms with E-state index in [0.717, 1.165) is 45.5 Å². The number of benzene rings is 1. The average molecular weight is 351 g/mol. The number of nitrogens with zero attached hydrogens (tertiary/aromatic N) is 5. The predicted molar refractivity (Wildman–Crippen MR) is 98.0 cm³/mol. The molecule has 3 heterocycles. The van der Waals surface area contributed by atoms with E-state index in [1.807, 2.05) is 44.3 Å². The van der Waals surface area contributed by atoms with Gasteiger partial charge in [-0.3, -0.25) is 0 Å². The lowest BCUT2D eigenvalue weighted by Gasteiger charge is -2.08. The zero-order valence-corrected chi connectivity index (χ0v) is 15.8. The molecule has 0 fully saturated rings. The first kappa shape index (κ1) is 16.4. The molecule has 0 aliphatic heterocycles. The van der Waals surface area contributed by atoms with Gasteiger partial charge < -0.3 is 9.15 Å². The molecular weight excluding hydrogens is 330 g/mol. The Kier molecular flexibility index (Phi) is 3.61. The zero-order chi connectivity index (χ0) is 18.6. The molecule has 0 saturated carbocycles. The Labute approximate surface area is 151 Å². The van der Waals surface area contributed by atoms with Crippen LogP contribution in [0.25, 0.3) is 22.7 Å². The summed E-state index contributed by atoms with van der Waals surface area (Å²) < 4.78 is 15.3. The van der Waals surface area contributed by atoms with E-state index in [-0.39, 0.29) is 0 Å². The molecule has 0 radical (unpaired) electrons. The Morgan fingerprint density at radius 3 is 2.46 bits per heavy atom. The summed E-state index contributed by atoms with van der Waals surface area (Å²) in [4.78, 5) is 4.39. The monoisotopic (exact) mass is 351 g/mol. The summed E-state index contributed by atoms with van der Waals surface area (Å²) in [6.45, 7) is 9.72. The maximum atomic E-state index is 6.12. The van der Waals surface area contributed by atoms with Crippen molar-refractivity contribution in [2.24, 2.45) is 0 Å². The summed E-state index contributed by atoms with van der Waals surface area (Å²) in [6, 6.07) is 6.07. The number of aryl methyl sites for hydroxylation is 5. The number of ether oxygens (including phenoxy) is 1. The van der Waals surface area contributed by atoms with E-state index in [1.54, 1.807) is 11.8 Å². The largest absolute Gasteiger partial charge is 0.496 e. The SMILES string of the molecule is COc1ccc(C)cc1-c1c(C)oc2c(-n3nc(C)nc3C)c(C)nn12. The summed E-state index contributed by atoms with van der Waals surface area (Å²) in [5.74, 6) is 3.06. The van der Waals surface area contributed by atoms with Crippen LogP contribution < -0.4 is 4.74 Å². The maximum absolute atomic E-state index is 6.12. The number of methoxy groups -OCH3 is 1. The number of fused-ring (bicyclic) bond motifs is 1. The van der Waals surface area contributed by atoms with Gasteiger partial charge in [0.25, 0.3) is 0 Å². The van der Waals surface area contributed by atoms with E-state index in [1.165, 1.54) is 0 Å². The predicted octanol–water partition coefficient (Wildman–Crippen LogP) is 3.73. The van der Waals surface area contributed by atoms with Crippen LogP contribution in [0.4, 0.5) is 0 Å². The van der Waals surface area contributed by atoms with Crippen molar-refractivity contribution in [1.29, 1.82) is 0 Å². The first-order valence-corrected chi connectivity index (χ1v) is 8.45. The van der Waals surface area contributed by atoms with Gasteiger partial charge in [-0.05, 0) is 46.8 Å². The second-order valence-electron chi connectivity index (χ2n) is 6.48. The lowest BCUT2D eigenvalue weighted by atomic mass is 10.1. The molecule has 0 bridgehead atoms. The van der Waals surface area contributed by atoms with Crippen LogP contribution in [0.1, 0.15) is 28.7 Å². The van der Waals surface area contributed by atoms with Gasteiger partial charge in [0.2, 0.25) is 5.71 Å². The lowest BCUT2D eigenvalue weighted by molar-refractivity contribution is 0.416. The van der Waals surface area contributed by atoms with Gasteiger partial charge in [-0.2, -0.15) is 14.7 Å². The van der Waals surface area contributed by atoms with E-state index in [4.69, 9.17) is 14.3 Å². The molecule has 7 heteroatoms. The molecule has 0 spiro atoms. The molecule has 3 aromatic heterocycles. The maximum Gasteiger partial charge on any atom is 0.249 e. The first-order chi connectivity index (χ1) is 12.4. The van der Waals surface area contributed by atoms with E-state index >= 15 is 0 Å². The number of aromatic nitrogens is 5. The van der Waals surface area contributed by atoms with Crippen molar-refractivity contribution in [3.8, 4) is 22.7 Å². The van der Waals surface area contributed by atoms with Crippen LogP contribution in [-0.4, -0.2) is 31.5 Å². The van der Waals surface area contributed by atoms with Crippen LogP contribution in [0.2, 0.25) is 0 Å². The second kappa shape index (κ2) is 5.72. The van der Waals surface area contributed by atoms with Crippen molar-refractivity contribution in [2.75, 3.05) is 7.11 Å². The Morgan fingerprint density at radius 2 is 1.81 bits per heavy atom. The van der Waals surface area contributed by atoms with E-state index < -0.39 is 0 Å². The van der Waals surface area contributed by atoms with Gasteiger partial charge >= 0.3 is 0 Å². The summed E-state index contributed by atoms with van der Waals surface area (Å²) in [5, 5.41) is 9.21. The number of oxazole rings is 1. The topological polar surface area (TPSA) is 70.4 Å². The van der Waals surface area contributed by atoms with Crippen molar-refractivity contribution in [1.82, 2.24) is 24.4 Å². The second-order valence-corrected chi connectivity index (χ2v) is 6.48. The van der Waals surface area contributed by atoms with Crippen LogP contribution >= 0.6 is 0 Å². The summed E-state index contributed by atoms with van der Waals surface area (Å²) in [7, 11) is 1.67. The van der Waals surface area contributed by atoms with Gasteiger partial charge in [0, 0.05) is 5.56 Å². The number of hydrogen-bond donors (Lipinski definition) is 0. The summed E-state index contributed by atoms with van der Waals surface area (Å²) >= 11 is 0. The molecule has 26 heavy (non-hydrogen) atoms. The molecule has 0 unspecified atom stereocenters. The standard InChI is InChI=1S/C19H21N5O2/c1-10-7-8-16(25-6)15(9-10)18-12(3)26-19-17(11(2)21-24(18)19)23-14(5)20-13(4)22-23/h7-9H,1-6H3. The third-order valence-corrected chi connectivity index (χ3v) is 4.48. The van der Waals surface area contributed by atoms with Crippen molar-refractivity contribution in [2.45, 2.75) is 34.6 Å². The van der Waals surface area contributed by atoms with Crippen LogP contribution in [-0.2, 0) is 0 Å². The summed E-state index contributed by atoms with van der Waals surface area (Å²) in [6.07, 6.45) is 0. The van der Waals surface area contributed by atoms with Gasteiger partial charge in [0.05, 0.1) is 12.8 Å². The van der Waals surface area contributed by atoms with Crippen LogP contribution in [0.3, 0.4) is 0 Å². The molecule has 0 aliphatic carbocycles. The molecule has 4 aromatic rings. The molecule has 0 atom stereocenters. The minimum atomic E-state index is 0.645. The normalized spacial score (nSPS) is 11.5. The number of rotatable bonds is 3. The van der Waals surface area contributed by atoms with E-state index in [2.05, 4.69) is 23.1 Å². The van der Waals surface area contributed by atoms with Crippen LogP contribution in [0.15, 0.2) is 22.6 Å². The van der Waals surface area contributed by atoms with Crippen molar-refractivity contribution in [3.05, 3.63) is 46.9 Å². The third-order valence-electron chi connectivity index (χ3n) is 4.48. The van der Waals surface area contributed by atoms with Crippen molar-refractivity contribution >= 4 is 5.71 Å². The molecule has 4 rings (SSSR count). The zero-order valence-electron chi connectivity index (χ0n) is 15.8. The molecular formula is C19H21N5O2. The highest BCUT2D eigenvalue weighted by Crippen LogP contribution is 2.36. The fraction of sp³-hybridized carbons (Fsp3) is 0.316.